The van der Waals surface area contributed by atoms with Crippen LogP contribution in [0.5, 0.6) is 0 Å². The molecule has 0 N–H and O–H groups in total. The van der Waals surface area contributed by atoms with Crippen LogP contribution in [0.1, 0.15) is 5.56 Å². The third-order valence-corrected chi connectivity index (χ3v) is 2.24. The van der Waals surface area contributed by atoms with Crippen LogP contribution in [0.4, 0.5) is 0 Å². The minimum absolute atomic E-state index is 0.400. The smallest absolute Gasteiger partial charge is 0.134 e. The van der Waals surface area contributed by atoms with Gasteiger partial charge in [-0.3, -0.25) is 0 Å². The molecule has 2 rings (SSSR count). The average molecular weight is 204 g/mol. The fourth-order valence-electron chi connectivity index (χ4n) is 1.30. The predicted octanol–water partition coefficient (Wildman–Crippen LogP) is 3.54. The molecule has 0 unspecified atom stereocenters. The standard InChI is InChI=1S/C11H6ClNO/c12-10(5-6-13)9-7-14-11-4-2-1-3-8(9)11/h1-5,7H. The van der Waals surface area contributed by atoms with E-state index in [-0.39, 0.29) is 0 Å². The lowest BCUT2D eigenvalue weighted by Gasteiger charge is -1.91. The van der Waals surface area contributed by atoms with E-state index in [1.807, 2.05) is 30.3 Å². The number of halogens is 1. The first kappa shape index (κ1) is 8.86. The molecule has 0 radical (unpaired) electrons. The quantitative estimate of drug-likeness (QED) is 0.665. The molecule has 0 saturated heterocycles. The van der Waals surface area contributed by atoms with Crippen LogP contribution in [0.15, 0.2) is 41.0 Å². The lowest BCUT2D eigenvalue weighted by atomic mass is 10.1. The van der Waals surface area contributed by atoms with Gasteiger partial charge < -0.3 is 4.42 Å². The van der Waals surface area contributed by atoms with E-state index in [1.165, 1.54) is 6.08 Å². The largest absolute Gasteiger partial charge is 0.464 e. The van der Waals surface area contributed by atoms with Gasteiger partial charge >= 0.3 is 0 Å². The first-order valence-corrected chi connectivity index (χ1v) is 4.42. The number of rotatable bonds is 1. The van der Waals surface area contributed by atoms with Gasteiger partial charge in [0.2, 0.25) is 0 Å². The Kier molecular flexibility index (Phi) is 2.26. The van der Waals surface area contributed by atoms with E-state index in [1.54, 1.807) is 6.26 Å². The molecule has 0 atom stereocenters. The molecule has 2 nitrogen and oxygen atoms in total. The Morgan fingerprint density at radius 2 is 2.21 bits per heavy atom. The van der Waals surface area contributed by atoms with Crippen molar-refractivity contribution in [3.05, 3.63) is 42.2 Å². The van der Waals surface area contributed by atoms with Crippen LogP contribution in [0.25, 0.3) is 16.0 Å². The third-order valence-electron chi connectivity index (χ3n) is 1.93. The van der Waals surface area contributed by atoms with E-state index in [4.69, 9.17) is 21.3 Å². The van der Waals surface area contributed by atoms with Crippen molar-refractivity contribution in [3.8, 4) is 6.07 Å². The number of furan rings is 1. The van der Waals surface area contributed by atoms with Gasteiger partial charge in [0.25, 0.3) is 0 Å². The zero-order valence-electron chi connectivity index (χ0n) is 7.20. The molecule has 0 spiro atoms. The van der Waals surface area contributed by atoms with E-state index >= 15 is 0 Å². The summed E-state index contributed by atoms with van der Waals surface area (Å²) in [4.78, 5) is 0. The van der Waals surface area contributed by atoms with Gasteiger partial charge in [0, 0.05) is 17.0 Å². The van der Waals surface area contributed by atoms with Crippen molar-refractivity contribution in [1.82, 2.24) is 0 Å². The molecule has 2 aromatic rings. The molecule has 0 fully saturated rings. The fourth-order valence-corrected chi connectivity index (χ4v) is 1.49. The molecule has 14 heavy (non-hydrogen) atoms. The number of hydrogen-bond donors (Lipinski definition) is 0. The molecule has 1 heterocycles. The van der Waals surface area contributed by atoms with E-state index in [2.05, 4.69) is 0 Å². The number of nitrogens with zero attached hydrogens (tertiary/aromatic N) is 1. The van der Waals surface area contributed by atoms with Gasteiger partial charge in [0.1, 0.15) is 11.8 Å². The average Bonchev–Trinajstić information content (AvgIpc) is 2.61. The number of fused-ring (bicyclic) bond motifs is 1. The predicted molar refractivity (Wildman–Crippen MR) is 55.7 cm³/mol. The second kappa shape index (κ2) is 3.57. The Morgan fingerprint density at radius 3 is 3.00 bits per heavy atom. The topological polar surface area (TPSA) is 36.9 Å². The SMILES string of the molecule is N#CC=C(Cl)c1coc2ccccc12. The van der Waals surface area contributed by atoms with E-state index < -0.39 is 0 Å². The van der Waals surface area contributed by atoms with Crippen molar-refractivity contribution in [2.45, 2.75) is 0 Å². The Hall–Kier alpha value is -1.72. The fraction of sp³-hybridized carbons (Fsp3) is 0. The maximum absolute atomic E-state index is 8.47. The molecule has 0 bridgehead atoms. The Labute approximate surface area is 86.0 Å². The number of nitriles is 1. The Morgan fingerprint density at radius 1 is 1.43 bits per heavy atom. The summed E-state index contributed by atoms with van der Waals surface area (Å²) in [5, 5.41) is 9.79. The van der Waals surface area contributed by atoms with E-state index in [0.29, 0.717) is 5.03 Å². The van der Waals surface area contributed by atoms with Crippen LogP contribution in [0.3, 0.4) is 0 Å². The molecular formula is C11H6ClNO. The van der Waals surface area contributed by atoms with Gasteiger partial charge in [-0.05, 0) is 6.07 Å². The first-order valence-electron chi connectivity index (χ1n) is 4.05. The van der Waals surface area contributed by atoms with Crippen LogP contribution in [-0.2, 0) is 0 Å². The Balaban J connectivity index is 2.65. The van der Waals surface area contributed by atoms with Crippen LogP contribution >= 0.6 is 11.6 Å². The van der Waals surface area contributed by atoms with Crippen LogP contribution < -0.4 is 0 Å². The number of para-hydroxylation sites is 1. The van der Waals surface area contributed by atoms with Gasteiger partial charge in [-0.2, -0.15) is 5.26 Å². The minimum Gasteiger partial charge on any atom is -0.464 e. The molecular weight excluding hydrogens is 198 g/mol. The summed E-state index contributed by atoms with van der Waals surface area (Å²) in [5.74, 6) is 0. The van der Waals surface area contributed by atoms with Crippen molar-refractivity contribution in [2.75, 3.05) is 0 Å². The summed E-state index contributed by atoms with van der Waals surface area (Å²) in [6.45, 7) is 0. The van der Waals surface area contributed by atoms with E-state index in [9.17, 15) is 0 Å². The lowest BCUT2D eigenvalue weighted by molar-refractivity contribution is 0.615. The highest BCUT2D eigenvalue weighted by Crippen LogP contribution is 2.28. The van der Waals surface area contributed by atoms with E-state index in [0.717, 1.165) is 16.5 Å². The Bertz CT molecular complexity index is 533. The zero-order chi connectivity index (χ0) is 9.97. The van der Waals surface area contributed by atoms with Gasteiger partial charge in [-0.25, -0.2) is 0 Å². The van der Waals surface area contributed by atoms with Gasteiger partial charge in [-0.15, -0.1) is 0 Å². The molecule has 0 aliphatic rings. The van der Waals surface area contributed by atoms with Crippen molar-refractivity contribution >= 4 is 27.6 Å². The summed E-state index contributed by atoms with van der Waals surface area (Å²) in [6, 6.07) is 9.43. The highest BCUT2D eigenvalue weighted by atomic mass is 35.5. The summed E-state index contributed by atoms with van der Waals surface area (Å²) >= 11 is 5.91. The number of hydrogen-bond acceptors (Lipinski definition) is 2. The molecule has 1 aromatic carbocycles. The third kappa shape index (κ3) is 1.39. The van der Waals surface area contributed by atoms with Gasteiger partial charge in [-0.1, -0.05) is 29.8 Å². The molecule has 1 aromatic heterocycles. The van der Waals surface area contributed by atoms with Crippen LogP contribution in [-0.4, -0.2) is 0 Å². The zero-order valence-corrected chi connectivity index (χ0v) is 7.95. The van der Waals surface area contributed by atoms with Crippen molar-refractivity contribution < 1.29 is 4.42 Å². The monoisotopic (exact) mass is 203 g/mol. The van der Waals surface area contributed by atoms with Gasteiger partial charge in [0.15, 0.2) is 0 Å². The summed E-state index contributed by atoms with van der Waals surface area (Å²) in [7, 11) is 0. The van der Waals surface area contributed by atoms with Crippen molar-refractivity contribution in [2.24, 2.45) is 0 Å². The molecule has 0 aliphatic carbocycles. The van der Waals surface area contributed by atoms with Gasteiger partial charge in [0.05, 0.1) is 11.1 Å². The summed E-state index contributed by atoms with van der Waals surface area (Å²) in [6.07, 6.45) is 2.85. The minimum atomic E-state index is 0.400. The maximum Gasteiger partial charge on any atom is 0.134 e. The highest BCUT2D eigenvalue weighted by molar-refractivity contribution is 6.49. The van der Waals surface area contributed by atoms with Crippen LogP contribution in [0.2, 0.25) is 0 Å². The van der Waals surface area contributed by atoms with Crippen molar-refractivity contribution in [1.29, 1.82) is 5.26 Å². The second-order valence-electron chi connectivity index (χ2n) is 2.77. The number of benzene rings is 1. The highest BCUT2D eigenvalue weighted by Gasteiger charge is 2.07. The number of allylic oxidation sites excluding steroid dienone is 1. The lowest BCUT2D eigenvalue weighted by Crippen LogP contribution is -1.72. The molecule has 3 heteroatoms. The van der Waals surface area contributed by atoms with Crippen molar-refractivity contribution in [3.63, 3.8) is 0 Å². The molecule has 0 aliphatic heterocycles. The molecule has 68 valence electrons. The summed E-state index contributed by atoms with van der Waals surface area (Å²) in [5.41, 5.74) is 1.52. The van der Waals surface area contributed by atoms with Crippen LogP contribution in [0, 0.1) is 11.3 Å². The molecule has 0 amide bonds. The molecule has 0 saturated carbocycles. The first-order chi connectivity index (χ1) is 6.83. The maximum atomic E-state index is 8.47. The normalized spacial score (nSPS) is 11.6. The summed E-state index contributed by atoms with van der Waals surface area (Å²) < 4.78 is 5.28. The second-order valence-corrected chi connectivity index (χ2v) is 3.17.